The molecule has 148 valence electrons. The molecule has 2 aliphatic heterocycles. The van der Waals surface area contributed by atoms with Crippen molar-refractivity contribution in [1.29, 1.82) is 0 Å². The van der Waals surface area contributed by atoms with Crippen LogP contribution in [0.2, 0.25) is 0 Å². The molecule has 1 amide bonds. The molecule has 2 aromatic carbocycles. The highest BCUT2D eigenvalue weighted by Gasteiger charge is 2.51. The van der Waals surface area contributed by atoms with E-state index in [-0.39, 0.29) is 23.9 Å². The second-order valence-corrected chi connectivity index (χ2v) is 8.88. The predicted molar refractivity (Wildman–Crippen MR) is 99.0 cm³/mol. The average Bonchev–Trinajstić information content (AvgIpc) is 3.01. The molecular formula is C19H19F2N3O3S. The van der Waals surface area contributed by atoms with Gasteiger partial charge in [0.25, 0.3) is 0 Å². The number of rotatable bonds is 3. The normalized spacial score (nSPS) is 19.8. The van der Waals surface area contributed by atoms with Crippen molar-refractivity contribution in [2.75, 3.05) is 24.7 Å². The Bertz CT molecular complexity index is 1010. The van der Waals surface area contributed by atoms with E-state index < -0.39 is 27.2 Å². The van der Waals surface area contributed by atoms with E-state index in [1.54, 1.807) is 0 Å². The topological polar surface area (TPSA) is 69.7 Å². The lowest BCUT2D eigenvalue weighted by molar-refractivity contribution is -0.124. The third-order valence-corrected chi connectivity index (χ3v) is 7.38. The highest BCUT2D eigenvalue weighted by Crippen LogP contribution is 2.37. The zero-order valence-electron chi connectivity index (χ0n) is 14.9. The van der Waals surface area contributed by atoms with Crippen molar-refractivity contribution in [2.45, 2.75) is 23.3 Å². The number of nitrogens with one attached hydrogen (secondary N) is 1. The Hall–Kier alpha value is -2.52. The van der Waals surface area contributed by atoms with E-state index in [1.807, 2.05) is 35.2 Å². The molecule has 2 fully saturated rings. The van der Waals surface area contributed by atoms with Gasteiger partial charge in [0.15, 0.2) is 11.6 Å². The lowest BCUT2D eigenvalue weighted by Gasteiger charge is -2.42. The van der Waals surface area contributed by atoms with Gasteiger partial charge >= 0.3 is 0 Å². The number of para-hydroxylation sites is 1. The number of carbonyl (C=O) groups is 1. The van der Waals surface area contributed by atoms with Gasteiger partial charge in [-0.3, -0.25) is 4.79 Å². The number of halogens is 2. The van der Waals surface area contributed by atoms with Gasteiger partial charge in [0.05, 0.1) is 11.6 Å². The molecule has 0 radical (unpaired) electrons. The molecule has 0 unspecified atom stereocenters. The smallest absolute Gasteiger partial charge is 0.247 e. The second-order valence-electron chi connectivity index (χ2n) is 6.94. The van der Waals surface area contributed by atoms with Crippen LogP contribution in [0, 0.1) is 11.6 Å². The molecule has 2 aromatic rings. The Labute approximate surface area is 161 Å². The summed E-state index contributed by atoms with van der Waals surface area (Å²) >= 11 is 0. The van der Waals surface area contributed by atoms with Crippen LogP contribution in [-0.2, 0) is 14.8 Å². The third-order valence-electron chi connectivity index (χ3n) is 5.48. The minimum Gasteiger partial charge on any atom is -0.339 e. The van der Waals surface area contributed by atoms with Gasteiger partial charge in [-0.2, -0.15) is 4.31 Å². The fraction of sp³-hybridized carbons (Fsp3) is 0.316. The largest absolute Gasteiger partial charge is 0.339 e. The van der Waals surface area contributed by atoms with E-state index in [2.05, 4.69) is 5.32 Å². The van der Waals surface area contributed by atoms with Crippen molar-refractivity contribution in [3.63, 3.8) is 0 Å². The van der Waals surface area contributed by atoms with Crippen molar-refractivity contribution in [3.05, 3.63) is 60.2 Å². The van der Waals surface area contributed by atoms with Crippen LogP contribution in [0.25, 0.3) is 0 Å². The summed E-state index contributed by atoms with van der Waals surface area (Å²) < 4.78 is 53.5. The van der Waals surface area contributed by atoms with Crippen molar-refractivity contribution in [3.8, 4) is 0 Å². The van der Waals surface area contributed by atoms with Crippen molar-refractivity contribution in [1.82, 2.24) is 9.62 Å². The van der Waals surface area contributed by atoms with Crippen LogP contribution in [-0.4, -0.2) is 43.9 Å². The first kappa shape index (κ1) is 18.8. The Morgan fingerprint density at radius 2 is 1.64 bits per heavy atom. The summed E-state index contributed by atoms with van der Waals surface area (Å²) in [6.45, 7) is 0.578. The second kappa shape index (κ2) is 6.82. The maximum atomic E-state index is 13.5. The Morgan fingerprint density at radius 1 is 0.964 bits per heavy atom. The monoisotopic (exact) mass is 407 g/mol. The highest BCUT2D eigenvalue weighted by atomic mass is 32.2. The number of anilines is 1. The number of hydrogen-bond donors (Lipinski definition) is 1. The van der Waals surface area contributed by atoms with Gasteiger partial charge in [-0.15, -0.1) is 0 Å². The fourth-order valence-electron chi connectivity index (χ4n) is 3.92. The molecule has 0 aliphatic carbocycles. The van der Waals surface area contributed by atoms with E-state index in [4.69, 9.17) is 0 Å². The molecule has 2 saturated heterocycles. The summed E-state index contributed by atoms with van der Waals surface area (Å²) in [5, 5.41) is 2.86. The van der Waals surface area contributed by atoms with Crippen molar-refractivity contribution >= 4 is 21.6 Å². The first-order valence-electron chi connectivity index (χ1n) is 8.91. The maximum Gasteiger partial charge on any atom is 0.247 e. The number of hydrogen-bond acceptors (Lipinski definition) is 4. The zero-order valence-corrected chi connectivity index (χ0v) is 15.8. The number of nitrogens with zero attached hydrogens (tertiary/aromatic N) is 2. The van der Waals surface area contributed by atoms with Gasteiger partial charge in [-0.25, -0.2) is 17.2 Å². The number of carbonyl (C=O) groups excluding carboxylic acids is 1. The molecule has 4 rings (SSSR count). The molecule has 1 spiro atoms. The lowest BCUT2D eigenvalue weighted by Crippen LogP contribution is -2.57. The van der Waals surface area contributed by atoms with Crippen LogP contribution < -0.4 is 10.2 Å². The number of amides is 1. The molecular weight excluding hydrogens is 388 g/mol. The molecule has 28 heavy (non-hydrogen) atoms. The molecule has 0 atom stereocenters. The SMILES string of the molecule is O=C1NCN(c2ccccc2)C12CCN(S(=O)(=O)c1ccc(F)c(F)c1)CC2. The number of benzene rings is 2. The number of piperidine rings is 1. The van der Waals surface area contributed by atoms with Gasteiger partial charge in [0, 0.05) is 18.8 Å². The lowest BCUT2D eigenvalue weighted by atomic mass is 9.86. The summed E-state index contributed by atoms with van der Waals surface area (Å²) in [5.41, 5.74) is 0.0688. The Morgan fingerprint density at radius 3 is 2.29 bits per heavy atom. The van der Waals surface area contributed by atoms with Gasteiger partial charge in [-0.1, -0.05) is 18.2 Å². The van der Waals surface area contributed by atoms with Crippen LogP contribution in [0.5, 0.6) is 0 Å². The Balaban J connectivity index is 1.58. The van der Waals surface area contributed by atoms with Crippen LogP contribution >= 0.6 is 0 Å². The highest BCUT2D eigenvalue weighted by molar-refractivity contribution is 7.89. The van der Waals surface area contributed by atoms with Crippen LogP contribution in [0.4, 0.5) is 14.5 Å². The first-order valence-corrected chi connectivity index (χ1v) is 10.3. The minimum atomic E-state index is -3.97. The summed E-state index contributed by atoms with van der Waals surface area (Å²) in [4.78, 5) is 14.3. The predicted octanol–water partition coefficient (Wildman–Crippen LogP) is 2.08. The standard InChI is InChI=1S/C19H19F2N3O3S/c20-16-7-6-15(12-17(16)21)28(26,27)23-10-8-19(9-11-23)18(25)22-13-24(19)14-4-2-1-3-5-14/h1-7,12H,8-11,13H2,(H,22,25). The van der Waals surface area contributed by atoms with Gasteiger partial charge in [0.1, 0.15) is 5.54 Å². The maximum absolute atomic E-state index is 13.5. The molecule has 0 aromatic heterocycles. The molecule has 2 heterocycles. The molecule has 9 heteroatoms. The Kier molecular flexibility index (Phi) is 4.59. The van der Waals surface area contributed by atoms with E-state index >= 15 is 0 Å². The summed E-state index contributed by atoms with van der Waals surface area (Å²) in [5.74, 6) is -2.43. The van der Waals surface area contributed by atoms with Crippen LogP contribution in [0.15, 0.2) is 53.4 Å². The van der Waals surface area contributed by atoms with Gasteiger partial charge in [0.2, 0.25) is 15.9 Å². The summed E-state index contributed by atoms with van der Waals surface area (Å²) in [6, 6.07) is 12.0. The third kappa shape index (κ3) is 2.94. The van der Waals surface area contributed by atoms with Crippen molar-refractivity contribution in [2.24, 2.45) is 0 Å². The molecule has 6 nitrogen and oxygen atoms in total. The van der Waals surface area contributed by atoms with Crippen LogP contribution in [0.1, 0.15) is 12.8 Å². The van der Waals surface area contributed by atoms with Gasteiger partial charge in [-0.05, 0) is 43.2 Å². The zero-order chi connectivity index (χ0) is 19.9. The fourth-order valence-corrected chi connectivity index (χ4v) is 5.37. The minimum absolute atomic E-state index is 0.109. The van der Waals surface area contributed by atoms with E-state index in [0.717, 1.165) is 17.8 Å². The van der Waals surface area contributed by atoms with E-state index in [1.165, 1.54) is 4.31 Å². The van der Waals surface area contributed by atoms with E-state index in [9.17, 15) is 22.0 Å². The number of sulfonamides is 1. The average molecular weight is 407 g/mol. The van der Waals surface area contributed by atoms with Gasteiger partial charge < -0.3 is 10.2 Å². The van der Waals surface area contributed by atoms with E-state index in [0.29, 0.717) is 25.6 Å². The summed E-state index contributed by atoms with van der Waals surface area (Å²) in [6.07, 6.45) is 0.604. The molecule has 2 aliphatic rings. The van der Waals surface area contributed by atoms with Crippen molar-refractivity contribution < 1.29 is 22.0 Å². The van der Waals surface area contributed by atoms with Crippen LogP contribution in [0.3, 0.4) is 0 Å². The molecule has 1 N–H and O–H groups in total. The summed E-state index contributed by atoms with van der Waals surface area (Å²) in [7, 11) is -3.97. The quantitative estimate of drug-likeness (QED) is 0.846. The first-order chi connectivity index (χ1) is 13.3. The molecule has 0 bridgehead atoms. The molecule has 0 saturated carbocycles.